The summed E-state index contributed by atoms with van der Waals surface area (Å²) < 4.78 is 15.4. The molecule has 1 rings (SSSR count). The van der Waals surface area contributed by atoms with Crippen LogP contribution < -0.4 is 19.7 Å². The molecule has 1 aromatic rings. The molecule has 1 aromatic carbocycles. The van der Waals surface area contributed by atoms with E-state index in [-0.39, 0.29) is 12.5 Å². The summed E-state index contributed by atoms with van der Waals surface area (Å²) in [6.45, 7) is 5.10. The molecule has 0 radical (unpaired) electrons. The minimum absolute atomic E-state index is 0.167. The van der Waals surface area contributed by atoms with Crippen molar-refractivity contribution in [2.75, 3.05) is 32.7 Å². The molecule has 1 N–H and O–H groups in total. The molecular weight excluding hydrogens is 300 g/mol. The predicted octanol–water partition coefficient (Wildman–Crippen LogP) is 2.19. The number of ether oxygens (including phenoxy) is 3. The molecule has 0 bridgehead atoms. The van der Waals surface area contributed by atoms with Crippen molar-refractivity contribution in [3.63, 3.8) is 0 Å². The minimum atomic E-state index is -0.633. The second-order valence-corrected chi connectivity index (χ2v) is 5.85. The fourth-order valence-corrected chi connectivity index (χ4v) is 1.76. The normalized spacial score (nSPS) is 10.7. The van der Waals surface area contributed by atoms with Crippen molar-refractivity contribution in [3.05, 3.63) is 18.2 Å². The predicted molar refractivity (Wildman–Crippen MR) is 87.2 cm³/mol. The number of carbonyl (C=O) groups excluding carboxylic acids is 2. The number of hydrogen-bond acceptors (Lipinski definition) is 5. The molecule has 7 nitrogen and oxygen atoms in total. The first-order chi connectivity index (χ1) is 10.7. The van der Waals surface area contributed by atoms with Gasteiger partial charge >= 0.3 is 6.09 Å². The Hall–Kier alpha value is -2.44. The van der Waals surface area contributed by atoms with Gasteiger partial charge in [0, 0.05) is 18.8 Å². The first kappa shape index (κ1) is 18.6. The van der Waals surface area contributed by atoms with Crippen molar-refractivity contribution >= 4 is 17.7 Å². The van der Waals surface area contributed by atoms with Gasteiger partial charge in [-0.25, -0.2) is 4.79 Å². The van der Waals surface area contributed by atoms with E-state index in [0.29, 0.717) is 17.2 Å². The molecule has 0 aromatic heterocycles. The Morgan fingerprint density at radius 3 is 2.26 bits per heavy atom. The molecule has 0 heterocycles. The standard InChI is InChI=1S/C16H24N2O5/c1-16(2,3)23-15(20)17-10-14(19)18(4)11-7-8-12(21-5)13(9-11)22-6/h7-9H,10H2,1-6H3,(H,17,20). The molecule has 0 spiro atoms. The second kappa shape index (κ2) is 7.71. The summed E-state index contributed by atoms with van der Waals surface area (Å²) in [5, 5.41) is 2.43. The summed E-state index contributed by atoms with van der Waals surface area (Å²) in [5.74, 6) is 0.803. The van der Waals surface area contributed by atoms with Gasteiger partial charge in [0.25, 0.3) is 0 Å². The van der Waals surface area contributed by atoms with Crippen LogP contribution in [0.5, 0.6) is 11.5 Å². The monoisotopic (exact) mass is 324 g/mol. The number of anilines is 1. The number of alkyl carbamates (subject to hydrolysis) is 1. The lowest BCUT2D eigenvalue weighted by molar-refractivity contribution is -0.117. The molecule has 0 saturated carbocycles. The van der Waals surface area contributed by atoms with Gasteiger partial charge in [0.05, 0.1) is 14.2 Å². The van der Waals surface area contributed by atoms with E-state index in [1.807, 2.05) is 0 Å². The highest BCUT2D eigenvalue weighted by atomic mass is 16.6. The van der Waals surface area contributed by atoms with E-state index in [9.17, 15) is 9.59 Å². The van der Waals surface area contributed by atoms with Gasteiger partial charge in [-0.2, -0.15) is 0 Å². The van der Waals surface area contributed by atoms with Crippen molar-refractivity contribution < 1.29 is 23.8 Å². The zero-order chi connectivity index (χ0) is 17.6. The highest BCUT2D eigenvalue weighted by Gasteiger charge is 2.18. The Labute approximate surface area is 136 Å². The van der Waals surface area contributed by atoms with Gasteiger partial charge in [-0.1, -0.05) is 0 Å². The van der Waals surface area contributed by atoms with E-state index in [4.69, 9.17) is 14.2 Å². The van der Waals surface area contributed by atoms with E-state index in [1.54, 1.807) is 46.0 Å². The van der Waals surface area contributed by atoms with Gasteiger partial charge < -0.3 is 24.4 Å². The van der Waals surface area contributed by atoms with E-state index < -0.39 is 11.7 Å². The summed E-state index contributed by atoms with van der Waals surface area (Å²) >= 11 is 0. The number of amides is 2. The lowest BCUT2D eigenvalue weighted by Crippen LogP contribution is -2.40. The lowest BCUT2D eigenvalue weighted by Gasteiger charge is -2.21. The maximum Gasteiger partial charge on any atom is 0.408 e. The molecule has 23 heavy (non-hydrogen) atoms. The maximum absolute atomic E-state index is 12.2. The molecule has 2 amide bonds. The fourth-order valence-electron chi connectivity index (χ4n) is 1.76. The van der Waals surface area contributed by atoms with Gasteiger partial charge in [0.1, 0.15) is 12.1 Å². The smallest absolute Gasteiger partial charge is 0.408 e. The largest absolute Gasteiger partial charge is 0.493 e. The second-order valence-electron chi connectivity index (χ2n) is 5.85. The van der Waals surface area contributed by atoms with Gasteiger partial charge in [-0.05, 0) is 32.9 Å². The van der Waals surface area contributed by atoms with E-state index in [0.717, 1.165) is 0 Å². The maximum atomic E-state index is 12.2. The average Bonchev–Trinajstić information content (AvgIpc) is 2.49. The van der Waals surface area contributed by atoms with Gasteiger partial charge in [0.15, 0.2) is 11.5 Å². The number of carbonyl (C=O) groups is 2. The van der Waals surface area contributed by atoms with E-state index in [1.165, 1.54) is 19.1 Å². The summed E-state index contributed by atoms with van der Waals surface area (Å²) in [6, 6.07) is 5.12. The van der Waals surface area contributed by atoms with Crippen molar-refractivity contribution in [2.45, 2.75) is 26.4 Å². The number of nitrogens with zero attached hydrogens (tertiary/aromatic N) is 1. The van der Waals surface area contributed by atoms with Gasteiger partial charge in [-0.3, -0.25) is 4.79 Å². The van der Waals surface area contributed by atoms with E-state index >= 15 is 0 Å². The van der Waals surface area contributed by atoms with E-state index in [2.05, 4.69) is 5.32 Å². The molecule has 0 atom stereocenters. The Balaban J connectivity index is 2.68. The summed E-state index contributed by atoms with van der Waals surface area (Å²) in [7, 11) is 4.67. The Bertz CT molecular complexity index is 566. The highest BCUT2D eigenvalue weighted by molar-refractivity contribution is 5.96. The quantitative estimate of drug-likeness (QED) is 0.898. The van der Waals surface area contributed by atoms with Crippen LogP contribution in [0.3, 0.4) is 0 Å². The molecule has 128 valence electrons. The van der Waals surface area contributed by atoms with Crippen molar-refractivity contribution in [1.29, 1.82) is 0 Å². The van der Waals surface area contributed by atoms with Crippen LogP contribution in [0.25, 0.3) is 0 Å². The zero-order valence-corrected chi connectivity index (χ0v) is 14.4. The molecule has 0 aliphatic heterocycles. The zero-order valence-electron chi connectivity index (χ0n) is 14.4. The van der Waals surface area contributed by atoms with Crippen molar-refractivity contribution in [1.82, 2.24) is 5.32 Å². The van der Waals surface area contributed by atoms with Gasteiger partial charge in [-0.15, -0.1) is 0 Å². The topological polar surface area (TPSA) is 77.1 Å². The number of hydrogen-bond donors (Lipinski definition) is 1. The van der Waals surface area contributed by atoms with Crippen LogP contribution in [-0.4, -0.2) is 45.4 Å². The van der Waals surface area contributed by atoms with Crippen LogP contribution in [0, 0.1) is 0 Å². The number of benzene rings is 1. The molecule has 0 aliphatic carbocycles. The Morgan fingerprint density at radius 1 is 1.13 bits per heavy atom. The lowest BCUT2D eigenvalue weighted by atomic mass is 10.2. The minimum Gasteiger partial charge on any atom is -0.493 e. The molecule has 0 unspecified atom stereocenters. The number of nitrogens with one attached hydrogen (secondary N) is 1. The third-order valence-electron chi connectivity index (χ3n) is 2.91. The Morgan fingerprint density at radius 2 is 1.74 bits per heavy atom. The summed E-state index contributed by atoms with van der Waals surface area (Å²) in [5.41, 5.74) is 0.0150. The van der Waals surface area contributed by atoms with Crippen LogP contribution in [0.2, 0.25) is 0 Å². The first-order valence-electron chi connectivity index (χ1n) is 7.13. The molecular formula is C16H24N2O5. The summed E-state index contributed by atoms with van der Waals surface area (Å²) in [6.07, 6.45) is -0.633. The summed E-state index contributed by atoms with van der Waals surface area (Å²) in [4.78, 5) is 25.1. The number of rotatable bonds is 5. The van der Waals surface area contributed by atoms with Crippen LogP contribution in [0.1, 0.15) is 20.8 Å². The highest BCUT2D eigenvalue weighted by Crippen LogP contribution is 2.31. The van der Waals surface area contributed by atoms with Crippen LogP contribution in [0.4, 0.5) is 10.5 Å². The van der Waals surface area contributed by atoms with Crippen molar-refractivity contribution in [3.8, 4) is 11.5 Å². The SMILES string of the molecule is COc1ccc(N(C)C(=O)CNC(=O)OC(C)(C)C)cc1OC. The first-order valence-corrected chi connectivity index (χ1v) is 7.13. The van der Waals surface area contributed by atoms with Crippen molar-refractivity contribution in [2.24, 2.45) is 0 Å². The number of likely N-dealkylation sites (N-methyl/N-ethyl adjacent to an activating group) is 1. The Kier molecular flexibility index (Phi) is 6.24. The molecule has 0 fully saturated rings. The third kappa shape index (κ3) is 5.69. The van der Waals surface area contributed by atoms with Crippen LogP contribution in [0.15, 0.2) is 18.2 Å². The average molecular weight is 324 g/mol. The fraction of sp³-hybridized carbons (Fsp3) is 0.500. The van der Waals surface area contributed by atoms with Gasteiger partial charge in [0.2, 0.25) is 5.91 Å². The molecule has 0 saturated heterocycles. The van der Waals surface area contributed by atoms with Crippen LogP contribution >= 0.6 is 0 Å². The molecule has 7 heteroatoms. The third-order valence-corrected chi connectivity index (χ3v) is 2.91. The van der Waals surface area contributed by atoms with Crippen LogP contribution in [-0.2, 0) is 9.53 Å². The number of methoxy groups -OCH3 is 2. The molecule has 0 aliphatic rings.